The van der Waals surface area contributed by atoms with Crippen molar-refractivity contribution in [2.24, 2.45) is 0 Å². The second kappa shape index (κ2) is 4.37. The minimum Gasteiger partial charge on any atom is -0.290 e. The number of nitrogens with one attached hydrogen (secondary N) is 2. The Labute approximate surface area is 95.7 Å². The van der Waals surface area contributed by atoms with Crippen LogP contribution in [0.15, 0.2) is 46.1 Å². The Morgan fingerprint density at radius 1 is 1.24 bits per heavy atom. The molecule has 0 unspecified atom stereocenters. The van der Waals surface area contributed by atoms with E-state index in [1.54, 1.807) is 30.3 Å². The van der Waals surface area contributed by atoms with Crippen LogP contribution in [0.4, 0.5) is 5.69 Å². The number of rotatable bonds is 2. The normalized spacial score (nSPS) is 9.59. The van der Waals surface area contributed by atoms with Crippen LogP contribution in [-0.4, -0.2) is 9.66 Å². The van der Waals surface area contributed by atoms with Gasteiger partial charge in [-0.3, -0.25) is 15.2 Å². The minimum absolute atomic E-state index is 0.131. The number of nitrogens with zero attached hydrogens (tertiary/aromatic N) is 2. The second-order valence-electron chi connectivity index (χ2n) is 3.26. The molecule has 1 heterocycles. The van der Waals surface area contributed by atoms with Crippen molar-refractivity contribution in [3.63, 3.8) is 0 Å². The van der Waals surface area contributed by atoms with Gasteiger partial charge in [-0.1, -0.05) is 18.2 Å². The zero-order chi connectivity index (χ0) is 12.3. The van der Waals surface area contributed by atoms with Crippen molar-refractivity contribution in [1.82, 2.24) is 9.66 Å². The van der Waals surface area contributed by atoms with E-state index in [0.717, 1.165) is 10.9 Å². The summed E-state index contributed by atoms with van der Waals surface area (Å²) in [5, 5.41) is 8.69. The number of para-hydroxylation sites is 1. The fourth-order valence-corrected chi connectivity index (χ4v) is 1.29. The van der Waals surface area contributed by atoms with Crippen LogP contribution in [0.5, 0.6) is 0 Å². The van der Waals surface area contributed by atoms with Crippen molar-refractivity contribution < 1.29 is 0 Å². The lowest BCUT2D eigenvalue weighted by Crippen LogP contribution is -2.34. The van der Waals surface area contributed by atoms with E-state index >= 15 is 0 Å². The first-order valence-corrected chi connectivity index (χ1v) is 4.79. The van der Waals surface area contributed by atoms with Gasteiger partial charge in [-0.2, -0.15) is 5.26 Å². The van der Waals surface area contributed by atoms with Crippen LogP contribution in [0.3, 0.4) is 0 Å². The van der Waals surface area contributed by atoms with Crippen LogP contribution >= 0.6 is 0 Å². The maximum Gasteiger partial charge on any atom is 0.347 e. The van der Waals surface area contributed by atoms with E-state index in [1.807, 2.05) is 11.1 Å². The molecule has 84 valence electrons. The predicted octanol–water partition coefficient (Wildman–Crippen LogP) is 0.283. The average Bonchev–Trinajstić information content (AvgIpc) is 2.34. The highest BCUT2D eigenvalue weighted by Gasteiger charge is 2.03. The van der Waals surface area contributed by atoms with Crippen molar-refractivity contribution in [2.45, 2.75) is 0 Å². The molecule has 1 aromatic heterocycles. The Morgan fingerprint density at radius 3 is 2.59 bits per heavy atom. The molecular formula is C11H8N4O2. The van der Waals surface area contributed by atoms with Crippen molar-refractivity contribution in [1.29, 1.82) is 5.26 Å². The van der Waals surface area contributed by atoms with Gasteiger partial charge < -0.3 is 0 Å². The number of H-pyrrole nitrogens is 1. The molecule has 0 radical (unpaired) electrons. The summed E-state index contributed by atoms with van der Waals surface area (Å²) in [6.45, 7) is 0. The quantitative estimate of drug-likeness (QED) is 0.772. The van der Waals surface area contributed by atoms with Crippen molar-refractivity contribution in [2.75, 3.05) is 5.43 Å². The van der Waals surface area contributed by atoms with E-state index in [1.165, 1.54) is 0 Å². The Hall–Kier alpha value is -2.81. The number of aromatic nitrogens is 2. The molecule has 6 heteroatoms. The van der Waals surface area contributed by atoms with Gasteiger partial charge in [0.25, 0.3) is 5.56 Å². The van der Waals surface area contributed by atoms with E-state index in [4.69, 9.17) is 5.26 Å². The van der Waals surface area contributed by atoms with Gasteiger partial charge in [0.2, 0.25) is 0 Å². The fraction of sp³-hybridized carbons (Fsp3) is 0. The molecule has 0 aliphatic heterocycles. The summed E-state index contributed by atoms with van der Waals surface area (Å²) in [7, 11) is 0. The predicted molar refractivity (Wildman–Crippen MR) is 61.5 cm³/mol. The Balaban J connectivity index is 2.44. The highest BCUT2D eigenvalue weighted by atomic mass is 16.2. The third-order valence-electron chi connectivity index (χ3n) is 2.09. The molecule has 0 saturated heterocycles. The van der Waals surface area contributed by atoms with Gasteiger partial charge in [0.05, 0.1) is 11.9 Å². The summed E-state index contributed by atoms with van der Waals surface area (Å²) < 4.78 is 1.05. The summed E-state index contributed by atoms with van der Waals surface area (Å²) in [6.07, 6.45) is 1.16. The first-order chi connectivity index (χ1) is 8.20. The summed E-state index contributed by atoms with van der Waals surface area (Å²) in [6, 6.07) is 10.6. The molecule has 6 nitrogen and oxygen atoms in total. The number of hydrogen-bond acceptors (Lipinski definition) is 4. The summed E-state index contributed by atoms with van der Waals surface area (Å²) in [4.78, 5) is 24.6. The van der Waals surface area contributed by atoms with Gasteiger partial charge in [-0.05, 0) is 12.1 Å². The van der Waals surface area contributed by atoms with Crippen LogP contribution in [-0.2, 0) is 0 Å². The summed E-state index contributed by atoms with van der Waals surface area (Å²) in [5.41, 5.74) is 1.98. The standard InChI is InChI=1S/C11H8N4O2/c12-6-8-7-15(11(17)13-10(8)16)14-9-4-2-1-3-5-9/h1-5,7,14H,(H,13,16,17). The van der Waals surface area contributed by atoms with Gasteiger partial charge in [-0.25, -0.2) is 9.47 Å². The first-order valence-electron chi connectivity index (χ1n) is 4.79. The largest absolute Gasteiger partial charge is 0.347 e. The van der Waals surface area contributed by atoms with E-state index in [0.29, 0.717) is 5.69 Å². The van der Waals surface area contributed by atoms with Crippen molar-refractivity contribution in [3.05, 3.63) is 62.9 Å². The van der Waals surface area contributed by atoms with Crippen LogP contribution in [0, 0.1) is 11.3 Å². The lowest BCUT2D eigenvalue weighted by atomic mass is 10.3. The molecule has 0 spiro atoms. The van der Waals surface area contributed by atoms with E-state index < -0.39 is 11.2 Å². The molecule has 0 aliphatic rings. The Bertz CT molecular complexity index is 679. The summed E-state index contributed by atoms with van der Waals surface area (Å²) in [5.74, 6) is 0. The Kier molecular flexibility index (Phi) is 2.75. The molecule has 2 N–H and O–H groups in total. The molecule has 0 bridgehead atoms. The van der Waals surface area contributed by atoms with Gasteiger partial charge in [-0.15, -0.1) is 0 Å². The zero-order valence-electron chi connectivity index (χ0n) is 8.68. The number of hydrogen-bond donors (Lipinski definition) is 2. The molecule has 0 atom stereocenters. The van der Waals surface area contributed by atoms with Crippen LogP contribution in [0.25, 0.3) is 0 Å². The smallest absolute Gasteiger partial charge is 0.290 e. The lowest BCUT2D eigenvalue weighted by molar-refractivity contribution is 0.826. The molecule has 0 amide bonds. The zero-order valence-corrected chi connectivity index (χ0v) is 8.68. The van der Waals surface area contributed by atoms with Gasteiger partial charge in [0.1, 0.15) is 11.6 Å². The molecule has 2 rings (SSSR count). The van der Waals surface area contributed by atoms with E-state index in [2.05, 4.69) is 5.43 Å². The Morgan fingerprint density at radius 2 is 1.94 bits per heavy atom. The third-order valence-corrected chi connectivity index (χ3v) is 2.09. The number of benzene rings is 1. The second-order valence-corrected chi connectivity index (χ2v) is 3.26. The maximum atomic E-state index is 11.4. The van der Waals surface area contributed by atoms with Crippen LogP contribution in [0.2, 0.25) is 0 Å². The van der Waals surface area contributed by atoms with Gasteiger partial charge in [0, 0.05) is 0 Å². The third kappa shape index (κ3) is 2.23. The van der Waals surface area contributed by atoms with Gasteiger partial charge in [0.15, 0.2) is 0 Å². The first kappa shape index (κ1) is 10.7. The maximum absolute atomic E-state index is 11.4. The van der Waals surface area contributed by atoms with Crippen LogP contribution < -0.4 is 16.7 Å². The fourth-order valence-electron chi connectivity index (χ4n) is 1.29. The van der Waals surface area contributed by atoms with Crippen molar-refractivity contribution in [3.8, 4) is 6.07 Å². The van der Waals surface area contributed by atoms with Crippen molar-refractivity contribution >= 4 is 5.69 Å². The van der Waals surface area contributed by atoms with Crippen LogP contribution in [0.1, 0.15) is 5.56 Å². The molecule has 0 saturated carbocycles. The van der Waals surface area contributed by atoms with E-state index in [9.17, 15) is 9.59 Å². The number of nitriles is 1. The molecule has 0 fully saturated rings. The molecule has 17 heavy (non-hydrogen) atoms. The lowest BCUT2D eigenvalue weighted by Gasteiger charge is -2.08. The average molecular weight is 228 g/mol. The molecule has 1 aromatic carbocycles. The van der Waals surface area contributed by atoms with Gasteiger partial charge >= 0.3 is 5.69 Å². The SMILES string of the molecule is N#Cc1cn(Nc2ccccc2)c(=O)[nH]c1=O. The molecule has 0 aliphatic carbocycles. The number of aromatic amines is 1. The summed E-state index contributed by atoms with van der Waals surface area (Å²) >= 11 is 0. The minimum atomic E-state index is -0.691. The number of anilines is 1. The topological polar surface area (TPSA) is 90.7 Å². The molecular weight excluding hydrogens is 220 g/mol. The monoisotopic (exact) mass is 228 g/mol. The highest BCUT2D eigenvalue weighted by Crippen LogP contribution is 2.03. The molecule has 2 aromatic rings. The van der Waals surface area contributed by atoms with E-state index in [-0.39, 0.29) is 5.56 Å². The highest BCUT2D eigenvalue weighted by molar-refractivity contribution is 5.42.